The topological polar surface area (TPSA) is 58.7 Å². The first-order valence-electron chi connectivity index (χ1n) is 6.00. The van der Waals surface area contributed by atoms with Crippen molar-refractivity contribution in [1.82, 2.24) is 0 Å². The maximum Gasteiger partial charge on any atom is 0.268 e. The van der Waals surface area contributed by atoms with E-state index in [0.29, 0.717) is 18.8 Å². The first-order chi connectivity index (χ1) is 9.25. The number of rotatable bonds is 1. The van der Waals surface area contributed by atoms with Crippen LogP contribution in [0.5, 0.6) is 0 Å². The van der Waals surface area contributed by atoms with Crippen LogP contribution in [0.15, 0.2) is 40.7 Å². The molecule has 19 heavy (non-hydrogen) atoms. The number of thiophene rings is 1. The van der Waals surface area contributed by atoms with Gasteiger partial charge in [-0.25, -0.2) is 0 Å². The Bertz CT molecular complexity index is 634. The highest BCUT2D eigenvalue weighted by atomic mass is 32.1. The molecule has 0 aliphatic carbocycles. The monoisotopic (exact) mass is 271 g/mol. The quantitative estimate of drug-likeness (QED) is 0.810. The summed E-state index contributed by atoms with van der Waals surface area (Å²) in [5.41, 5.74) is 8.22. The SMILES string of the molecule is Nc1ccc2c(c1)C=NCCN2C(=O)c1cccs1. The molecule has 1 amide bonds. The molecule has 0 radical (unpaired) electrons. The van der Waals surface area contributed by atoms with Crippen LogP contribution < -0.4 is 10.6 Å². The van der Waals surface area contributed by atoms with Crippen molar-refractivity contribution in [3.63, 3.8) is 0 Å². The van der Waals surface area contributed by atoms with Gasteiger partial charge < -0.3 is 10.6 Å². The largest absolute Gasteiger partial charge is 0.399 e. The number of benzene rings is 1. The molecule has 0 atom stereocenters. The van der Waals surface area contributed by atoms with E-state index in [2.05, 4.69) is 4.99 Å². The molecule has 3 rings (SSSR count). The van der Waals surface area contributed by atoms with Gasteiger partial charge >= 0.3 is 0 Å². The number of amides is 1. The van der Waals surface area contributed by atoms with E-state index in [9.17, 15) is 4.79 Å². The zero-order valence-corrected chi connectivity index (χ0v) is 11.1. The maximum absolute atomic E-state index is 12.5. The van der Waals surface area contributed by atoms with E-state index in [1.807, 2.05) is 35.7 Å². The molecule has 0 spiro atoms. The predicted molar refractivity (Wildman–Crippen MR) is 79.3 cm³/mol. The molecule has 1 aliphatic rings. The average molecular weight is 271 g/mol. The number of benzodiazepines with no additional fused rings is 1. The van der Waals surface area contributed by atoms with E-state index >= 15 is 0 Å². The minimum absolute atomic E-state index is 0.0199. The van der Waals surface area contributed by atoms with Crippen molar-refractivity contribution in [2.45, 2.75) is 0 Å². The van der Waals surface area contributed by atoms with Crippen LogP contribution in [0, 0.1) is 0 Å². The van der Waals surface area contributed by atoms with Crippen LogP contribution in [0.3, 0.4) is 0 Å². The van der Waals surface area contributed by atoms with Gasteiger partial charge in [0.15, 0.2) is 0 Å². The summed E-state index contributed by atoms with van der Waals surface area (Å²) in [5.74, 6) is 0.0199. The number of hydrogen-bond donors (Lipinski definition) is 1. The number of nitrogen functional groups attached to an aromatic ring is 1. The van der Waals surface area contributed by atoms with Crippen LogP contribution in [0.25, 0.3) is 0 Å². The Hall–Kier alpha value is -2.14. The summed E-state index contributed by atoms with van der Waals surface area (Å²) in [4.78, 5) is 19.3. The normalized spacial score (nSPS) is 14.0. The highest BCUT2D eigenvalue weighted by Crippen LogP contribution is 2.26. The second-order valence-electron chi connectivity index (χ2n) is 4.29. The summed E-state index contributed by atoms with van der Waals surface area (Å²) in [6.07, 6.45) is 1.79. The summed E-state index contributed by atoms with van der Waals surface area (Å²) in [5, 5.41) is 1.91. The van der Waals surface area contributed by atoms with Gasteiger partial charge in [0.2, 0.25) is 0 Å². The number of carbonyl (C=O) groups is 1. The van der Waals surface area contributed by atoms with E-state index in [1.165, 1.54) is 11.3 Å². The summed E-state index contributed by atoms with van der Waals surface area (Å²) in [6.45, 7) is 1.19. The Kier molecular flexibility index (Phi) is 3.05. The van der Waals surface area contributed by atoms with E-state index in [1.54, 1.807) is 11.1 Å². The van der Waals surface area contributed by atoms with Crippen LogP contribution in [0.1, 0.15) is 15.2 Å². The number of carbonyl (C=O) groups excluding carboxylic acids is 1. The van der Waals surface area contributed by atoms with Crippen LogP contribution in [0.4, 0.5) is 11.4 Å². The standard InChI is InChI=1S/C14H13N3OS/c15-11-3-4-12-10(8-11)9-16-5-6-17(12)14(18)13-2-1-7-19-13/h1-4,7-9H,5-6,15H2. The highest BCUT2D eigenvalue weighted by Gasteiger charge is 2.21. The lowest BCUT2D eigenvalue weighted by atomic mass is 10.1. The first kappa shape index (κ1) is 11.9. The maximum atomic E-state index is 12.5. The molecule has 0 saturated carbocycles. The summed E-state index contributed by atoms with van der Waals surface area (Å²) in [6, 6.07) is 9.27. The molecule has 0 unspecified atom stereocenters. The lowest BCUT2D eigenvalue weighted by Crippen LogP contribution is -2.32. The number of nitrogens with two attached hydrogens (primary N) is 1. The third-order valence-corrected chi connectivity index (χ3v) is 3.86. The molecule has 2 N–H and O–H groups in total. The smallest absolute Gasteiger partial charge is 0.268 e. The molecule has 96 valence electrons. The zero-order chi connectivity index (χ0) is 13.2. The minimum atomic E-state index is 0.0199. The number of anilines is 2. The lowest BCUT2D eigenvalue weighted by molar-refractivity contribution is 0.0991. The minimum Gasteiger partial charge on any atom is -0.399 e. The van der Waals surface area contributed by atoms with Gasteiger partial charge in [0.05, 0.1) is 17.1 Å². The van der Waals surface area contributed by atoms with Gasteiger partial charge in [-0.3, -0.25) is 9.79 Å². The molecule has 4 nitrogen and oxygen atoms in total. The van der Waals surface area contributed by atoms with Crippen LogP contribution in [0.2, 0.25) is 0 Å². The number of fused-ring (bicyclic) bond motifs is 1. The van der Waals surface area contributed by atoms with Crippen LogP contribution in [-0.4, -0.2) is 25.2 Å². The summed E-state index contributed by atoms with van der Waals surface area (Å²) >= 11 is 1.45. The predicted octanol–water partition coefficient (Wildman–Crippen LogP) is 2.41. The first-order valence-corrected chi connectivity index (χ1v) is 6.88. The molecule has 2 heterocycles. The molecule has 0 fully saturated rings. The van der Waals surface area contributed by atoms with E-state index < -0.39 is 0 Å². The Labute approximate surface area is 115 Å². The third-order valence-electron chi connectivity index (χ3n) is 3.00. The lowest BCUT2D eigenvalue weighted by Gasteiger charge is -2.21. The van der Waals surface area contributed by atoms with Crippen molar-refractivity contribution in [1.29, 1.82) is 0 Å². The van der Waals surface area contributed by atoms with Gasteiger partial charge in [-0.05, 0) is 29.6 Å². The van der Waals surface area contributed by atoms with Gasteiger partial charge in [0, 0.05) is 24.0 Å². The average Bonchev–Trinajstić information content (AvgIpc) is 2.86. The van der Waals surface area contributed by atoms with Crippen molar-refractivity contribution < 1.29 is 4.79 Å². The molecule has 5 heteroatoms. The highest BCUT2D eigenvalue weighted by molar-refractivity contribution is 7.12. The molecule has 0 bridgehead atoms. The van der Waals surface area contributed by atoms with Gasteiger partial charge in [-0.1, -0.05) is 6.07 Å². The number of nitrogens with zero attached hydrogens (tertiary/aromatic N) is 2. The Balaban J connectivity index is 2.03. The molecule has 2 aromatic rings. The second-order valence-corrected chi connectivity index (χ2v) is 5.24. The van der Waals surface area contributed by atoms with Crippen molar-refractivity contribution >= 4 is 34.8 Å². The molecule has 0 saturated heterocycles. The third kappa shape index (κ3) is 2.24. The van der Waals surface area contributed by atoms with E-state index in [4.69, 9.17) is 5.73 Å². The van der Waals surface area contributed by atoms with Crippen molar-refractivity contribution in [2.75, 3.05) is 23.7 Å². The molecular formula is C14H13N3OS. The van der Waals surface area contributed by atoms with Gasteiger partial charge in [-0.15, -0.1) is 11.3 Å². The summed E-state index contributed by atoms with van der Waals surface area (Å²) in [7, 11) is 0. The fourth-order valence-corrected chi connectivity index (χ4v) is 2.78. The van der Waals surface area contributed by atoms with Crippen molar-refractivity contribution in [2.24, 2.45) is 4.99 Å². The van der Waals surface area contributed by atoms with Crippen molar-refractivity contribution in [3.8, 4) is 0 Å². The van der Waals surface area contributed by atoms with Gasteiger partial charge in [0.1, 0.15) is 0 Å². The zero-order valence-electron chi connectivity index (χ0n) is 10.2. The van der Waals surface area contributed by atoms with Gasteiger partial charge in [-0.2, -0.15) is 0 Å². The molecular weight excluding hydrogens is 258 g/mol. The molecule has 1 aromatic carbocycles. The fourth-order valence-electron chi connectivity index (χ4n) is 2.11. The second kappa shape index (κ2) is 4.85. The number of hydrogen-bond acceptors (Lipinski definition) is 4. The number of aliphatic imine (C=N–C) groups is 1. The Morgan fingerprint density at radius 3 is 3.05 bits per heavy atom. The van der Waals surface area contributed by atoms with Crippen LogP contribution >= 0.6 is 11.3 Å². The molecule has 1 aromatic heterocycles. The Morgan fingerprint density at radius 1 is 1.37 bits per heavy atom. The van der Waals surface area contributed by atoms with E-state index in [-0.39, 0.29) is 5.91 Å². The van der Waals surface area contributed by atoms with Crippen LogP contribution in [-0.2, 0) is 0 Å². The van der Waals surface area contributed by atoms with Gasteiger partial charge in [0.25, 0.3) is 5.91 Å². The molecule has 1 aliphatic heterocycles. The fraction of sp³-hybridized carbons (Fsp3) is 0.143. The van der Waals surface area contributed by atoms with Crippen molar-refractivity contribution in [3.05, 3.63) is 46.2 Å². The summed E-state index contributed by atoms with van der Waals surface area (Å²) < 4.78 is 0. The Morgan fingerprint density at radius 2 is 2.26 bits per heavy atom. The van der Waals surface area contributed by atoms with E-state index in [0.717, 1.165) is 16.1 Å².